The molecule has 1 aromatic heterocycles. The number of fused-ring (bicyclic) bond motifs is 1. The van der Waals surface area contributed by atoms with E-state index in [0.29, 0.717) is 38.5 Å². The topological polar surface area (TPSA) is 90.1 Å². The van der Waals surface area contributed by atoms with Crippen molar-refractivity contribution in [3.63, 3.8) is 0 Å². The van der Waals surface area contributed by atoms with Crippen molar-refractivity contribution in [1.29, 1.82) is 0 Å². The molecule has 4 bridgehead atoms. The van der Waals surface area contributed by atoms with Crippen molar-refractivity contribution < 1.29 is 19.4 Å². The van der Waals surface area contributed by atoms with Gasteiger partial charge >= 0.3 is 5.97 Å². The van der Waals surface area contributed by atoms with Crippen molar-refractivity contribution in [2.75, 3.05) is 13.2 Å². The van der Waals surface area contributed by atoms with E-state index in [-0.39, 0.29) is 23.3 Å². The molecule has 8 rings (SSSR count). The number of benzene rings is 2. The lowest BCUT2D eigenvalue weighted by Crippen LogP contribution is -2.48. The summed E-state index contributed by atoms with van der Waals surface area (Å²) in [5.41, 5.74) is 3.50. The number of phenols is 1. The maximum atomic E-state index is 14.1. The van der Waals surface area contributed by atoms with Crippen molar-refractivity contribution >= 4 is 23.4 Å². The van der Waals surface area contributed by atoms with Crippen LogP contribution in [0.4, 0.5) is 0 Å². The van der Waals surface area contributed by atoms with Crippen LogP contribution in [-0.4, -0.2) is 28.9 Å². The van der Waals surface area contributed by atoms with Gasteiger partial charge in [-0.05, 0) is 124 Å². The molecule has 4 aliphatic carbocycles. The molecule has 0 radical (unpaired) electrons. The standard InChI is InChI=1S/C35H38N2O5S/c1-4-41-27-9-6-24(7-10-27)31-30(33(40)42-5-2)20(3)36-34-37(31)32(39)29(43-34)16-25-15-26(8-11-28(25)38)35-17-21-12-22(18-35)14-23(13-21)19-35/h6-11,15-16,21-23,31,38H,4-5,12-14,17-19H2,1-3H3/b29-16+/t21?,22?,23?,31-,35?/m0/s1. The van der Waals surface area contributed by atoms with Gasteiger partial charge in [-0.25, -0.2) is 9.79 Å². The largest absolute Gasteiger partial charge is 0.507 e. The Morgan fingerprint density at radius 3 is 2.35 bits per heavy atom. The van der Waals surface area contributed by atoms with Gasteiger partial charge in [0.05, 0.1) is 35.1 Å². The third-order valence-electron chi connectivity index (χ3n) is 9.99. The van der Waals surface area contributed by atoms with Gasteiger partial charge in [0, 0.05) is 5.56 Å². The molecule has 1 aliphatic heterocycles. The number of carbonyl (C=O) groups is 1. The number of hydrogen-bond donors (Lipinski definition) is 1. The van der Waals surface area contributed by atoms with E-state index in [2.05, 4.69) is 12.1 Å². The molecule has 8 heteroatoms. The lowest BCUT2D eigenvalue weighted by Gasteiger charge is -2.57. The van der Waals surface area contributed by atoms with E-state index < -0.39 is 12.0 Å². The van der Waals surface area contributed by atoms with E-state index >= 15 is 0 Å². The lowest BCUT2D eigenvalue weighted by atomic mass is 9.48. The minimum absolute atomic E-state index is 0.158. The van der Waals surface area contributed by atoms with Gasteiger partial charge in [0.25, 0.3) is 5.56 Å². The second kappa shape index (κ2) is 10.8. The van der Waals surface area contributed by atoms with Gasteiger partial charge in [-0.15, -0.1) is 0 Å². The average Bonchev–Trinajstić information content (AvgIpc) is 3.27. The molecule has 5 aliphatic rings. The summed E-state index contributed by atoms with van der Waals surface area (Å²) < 4.78 is 13.1. The van der Waals surface area contributed by atoms with Crippen LogP contribution in [0, 0.1) is 17.8 Å². The molecular formula is C35H38N2O5S. The number of ether oxygens (including phenoxy) is 2. The number of nitrogens with zero attached hydrogens (tertiary/aromatic N) is 2. The number of thiazole rings is 1. The first kappa shape index (κ1) is 28.1. The number of allylic oxidation sites excluding steroid dienone is 1. The fourth-order valence-electron chi connectivity index (χ4n) is 8.63. The Kier molecular flexibility index (Phi) is 7.07. The highest BCUT2D eigenvalue weighted by molar-refractivity contribution is 7.07. The summed E-state index contributed by atoms with van der Waals surface area (Å²) >= 11 is 1.28. The maximum absolute atomic E-state index is 14.1. The summed E-state index contributed by atoms with van der Waals surface area (Å²) in [6.07, 6.45) is 9.58. The summed E-state index contributed by atoms with van der Waals surface area (Å²) in [6, 6.07) is 12.8. The van der Waals surface area contributed by atoms with Crippen LogP contribution in [0.25, 0.3) is 6.08 Å². The smallest absolute Gasteiger partial charge is 0.338 e. The fraction of sp³-hybridized carbons (Fsp3) is 0.457. The zero-order chi connectivity index (χ0) is 29.9. The number of rotatable bonds is 7. The van der Waals surface area contributed by atoms with Crippen molar-refractivity contribution in [3.05, 3.63) is 90.1 Å². The van der Waals surface area contributed by atoms with Crippen molar-refractivity contribution in [1.82, 2.24) is 4.57 Å². The van der Waals surface area contributed by atoms with E-state index in [1.165, 1.54) is 55.4 Å². The molecule has 7 nitrogen and oxygen atoms in total. The molecule has 0 saturated heterocycles. The first-order valence-electron chi connectivity index (χ1n) is 15.5. The minimum atomic E-state index is -0.694. The summed E-state index contributed by atoms with van der Waals surface area (Å²) in [5, 5.41) is 10.9. The van der Waals surface area contributed by atoms with Crippen LogP contribution in [0.3, 0.4) is 0 Å². The Morgan fingerprint density at radius 2 is 1.72 bits per heavy atom. The first-order valence-corrected chi connectivity index (χ1v) is 16.4. The van der Waals surface area contributed by atoms with Gasteiger partial charge in [0.15, 0.2) is 4.80 Å². The average molecular weight is 599 g/mol. The highest BCUT2D eigenvalue weighted by atomic mass is 32.1. The zero-order valence-corrected chi connectivity index (χ0v) is 25.8. The SMILES string of the molecule is CCOC(=O)C1=C(C)N=c2s/c(=C/c3cc(C45CC6CC(CC(C6)C4)C5)ccc3O)c(=O)n2[C@H]1c1ccc(OCC)cc1. The molecule has 2 heterocycles. The summed E-state index contributed by atoms with van der Waals surface area (Å²) in [5.74, 6) is 2.82. The number of phenolic OH excluding ortho intramolecular Hbond substituents is 1. The van der Waals surface area contributed by atoms with Crippen LogP contribution in [0.15, 0.2) is 63.5 Å². The van der Waals surface area contributed by atoms with Gasteiger partial charge < -0.3 is 14.6 Å². The second-order valence-electron chi connectivity index (χ2n) is 12.8. The normalized spacial score (nSPS) is 27.7. The van der Waals surface area contributed by atoms with Crippen molar-refractivity contribution in [2.24, 2.45) is 22.7 Å². The Balaban J connectivity index is 1.33. The number of aromatic hydroxyl groups is 1. The van der Waals surface area contributed by atoms with Crippen LogP contribution < -0.4 is 19.6 Å². The highest BCUT2D eigenvalue weighted by Crippen LogP contribution is 2.60. The third-order valence-corrected chi connectivity index (χ3v) is 11.0. The van der Waals surface area contributed by atoms with Gasteiger partial charge in [-0.2, -0.15) is 0 Å². The number of hydrogen-bond acceptors (Lipinski definition) is 7. The Morgan fingerprint density at radius 1 is 1.05 bits per heavy atom. The fourth-order valence-corrected chi connectivity index (χ4v) is 9.66. The molecule has 4 fully saturated rings. The van der Waals surface area contributed by atoms with E-state index in [0.717, 1.165) is 23.3 Å². The monoisotopic (exact) mass is 598 g/mol. The van der Waals surface area contributed by atoms with Crippen LogP contribution in [-0.2, 0) is 14.9 Å². The Labute approximate surface area is 255 Å². The molecule has 224 valence electrons. The van der Waals surface area contributed by atoms with E-state index in [4.69, 9.17) is 14.5 Å². The third kappa shape index (κ3) is 4.84. The highest BCUT2D eigenvalue weighted by Gasteiger charge is 2.51. The number of carbonyl (C=O) groups excluding carboxylic acids is 1. The van der Waals surface area contributed by atoms with Gasteiger partial charge in [0.2, 0.25) is 0 Å². The lowest BCUT2D eigenvalue weighted by molar-refractivity contribution is -0.139. The van der Waals surface area contributed by atoms with Crippen LogP contribution in [0.1, 0.15) is 82.0 Å². The Hall–Kier alpha value is -3.65. The zero-order valence-electron chi connectivity index (χ0n) is 25.0. The summed E-state index contributed by atoms with van der Waals surface area (Å²) in [7, 11) is 0. The summed E-state index contributed by atoms with van der Waals surface area (Å²) in [6.45, 7) is 6.23. The molecule has 3 aromatic rings. The molecule has 2 aromatic carbocycles. The van der Waals surface area contributed by atoms with Crippen LogP contribution in [0.2, 0.25) is 0 Å². The predicted molar refractivity (Wildman–Crippen MR) is 166 cm³/mol. The molecule has 0 amide bonds. The van der Waals surface area contributed by atoms with Crippen molar-refractivity contribution in [3.8, 4) is 11.5 Å². The van der Waals surface area contributed by atoms with Gasteiger partial charge in [0.1, 0.15) is 11.5 Å². The predicted octanol–water partition coefficient (Wildman–Crippen LogP) is 5.37. The minimum Gasteiger partial charge on any atom is -0.507 e. The van der Waals surface area contributed by atoms with E-state index in [1.807, 2.05) is 31.2 Å². The number of aromatic nitrogens is 1. The molecular weight excluding hydrogens is 560 g/mol. The van der Waals surface area contributed by atoms with Gasteiger partial charge in [-0.3, -0.25) is 9.36 Å². The molecule has 1 N–H and O–H groups in total. The Bertz CT molecular complexity index is 1760. The molecule has 0 spiro atoms. The van der Waals surface area contributed by atoms with E-state index in [9.17, 15) is 14.7 Å². The molecule has 43 heavy (non-hydrogen) atoms. The van der Waals surface area contributed by atoms with Crippen LogP contribution in [0.5, 0.6) is 11.5 Å². The molecule has 4 saturated carbocycles. The molecule has 0 unspecified atom stereocenters. The summed E-state index contributed by atoms with van der Waals surface area (Å²) in [4.78, 5) is 32.5. The second-order valence-corrected chi connectivity index (χ2v) is 13.8. The first-order chi connectivity index (χ1) is 20.8. The number of esters is 1. The molecule has 1 atom stereocenters. The van der Waals surface area contributed by atoms with E-state index in [1.54, 1.807) is 30.6 Å². The van der Waals surface area contributed by atoms with Crippen molar-refractivity contribution in [2.45, 2.75) is 70.8 Å². The quantitative estimate of drug-likeness (QED) is 0.370. The van der Waals surface area contributed by atoms with Gasteiger partial charge in [-0.1, -0.05) is 29.5 Å². The van der Waals surface area contributed by atoms with Crippen LogP contribution >= 0.6 is 11.3 Å². The maximum Gasteiger partial charge on any atom is 0.338 e.